The Hall–Kier alpha value is -3.36. The zero-order chi connectivity index (χ0) is 29.4. The number of nitrogens with zero attached hydrogens (tertiary/aromatic N) is 2. The average molecular weight is 584 g/mol. The van der Waals surface area contributed by atoms with Gasteiger partial charge in [-0.3, -0.25) is 13.9 Å². The zero-order valence-corrected chi connectivity index (χ0v) is 25.3. The van der Waals surface area contributed by atoms with Crippen molar-refractivity contribution in [2.75, 3.05) is 10.8 Å². The predicted molar refractivity (Wildman–Crippen MR) is 161 cm³/mol. The van der Waals surface area contributed by atoms with Crippen LogP contribution in [0.25, 0.3) is 0 Å². The second-order valence-electron chi connectivity index (χ2n) is 10.1. The number of carbonyl (C=O) groups excluding carboxylic acids is 2. The molecule has 7 nitrogen and oxygen atoms in total. The molecule has 2 atom stereocenters. The van der Waals surface area contributed by atoms with Crippen LogP contribution in [0, 0.1) is 13.8 Å². The maximum atomic E-state index is 14.1. The van der Waals surface area contributed by atoms with Crippen LogP contribution in [0.15, 0.2) is 77.7 Å². The number of halogens is 1. The Bertz CT molecular complexity index is 1410. The lowest BCUT2D eigenvalue weighted by molar-refractivity contribution is -0.140. The van der Waals surface area contributed by atoms with Crippen LogP contribution in [0.4, 0.5) is 5.69 Å². The summed E-state index contributed by atoms with van der Waals surface area (Å²) in [6, 6.07) is 19.7. The van der Waals surface area contributed by atoms with Gasteiger partial charge in [0.15, 0.2) is 0 Å². The van der Waals surface area contributed by atoms with E-state index in [0.717, 1.165) is 27.4 Å². The summed E-state index contributed by atoms with van der Waals surface area (Å²) >= 11 is 6.07. The van der Waals surface area contributed by atoms with E-state index in [9.17, 15) is 18.0 Å². The highest BCUT2D eigenvalue weighted by Crippen LogP contribution is 2.26. The minimum atomic E-state index is -4.10. The van der Waals surface area contributed by atoms with Gasteiger partial charge in [-0.05, 0) is 81.1 Å². The van der Waals surface area contributed by atoms with E-state index >= 15 is 0 Å². The van der Waals surface area contributed by atoms with Crippen LogP contribution in [0.2, 0.25) is 5.02 Å². The molecule has 0 heterocycles. The molecule has 9 heteroatoms. The molecule has 0 saturated carbocycles. The van der Waals surface area contributed by atoms with Gasteiger partial charge in [-0.25, -0.2) is 8.42 Å². The average Bonchev–Trinajstić information content (AvgIpc) is 2.92. The molecular formula is C31H38ClN3O4S. The molecule has 214 valence electrons. The molecule has 0 spiro atoms. The van der Waals surface area contributed by atoms with E-state index in [1.165, 1.54) is 17.0 Å². The van der Waals surface area contributed by atoms with Gasteiger partial charge in [-0.2, -0.15) is 0 Å². The fourth-order valence-electron chi connectivity index (χ4n) is 4.30. The van der Waals surface area contributed by atoms with Gasteiger partial charge in [0.2, 0.25) is 11.8 Å². The normalized spacial score (nSPS) is 12.8. The third kappa shape index (κ3) is 7.86. The maximum absolute atomic E-state index is 14.1. The molecule has 0 saturated heterocycles. The number of hydrogen-bond acceptors (Lipinski definition) is 4. The van der Waals surface area contributed by atoms with E-state index in [-0.39, 0.29) is 23.4 Å². The van der Waals surface area contributed by atoms with Crippen LogP contribution in [-0.4, -0.2) is 43.8 Å². The molecule has 3 aromatic rings. The van der Waals surface area contributed by atoms with Gasteiger partial charge < -0.3 is 10.2 Å². The van der Waals surface area contributed by atoms with E-state index in [2.05, 4.69) is 5.32 Å². The predicted octanol–water partition coefficient (Wildman–Crippen LogP) is 5.87. The van der Waals surface area contributed by atoms with E-state index < -0.39 is 28.5 Å². The lowest BCUT2D eigenvalue weighted by atomic mass is 10.1. The Morgan fingerprint density at radius 3 is 2.12 bits per heavy atom. The first kappa shape index (κ1) is 31.2. The van der Waals surface area contributed by atoms with Gasteiger partial charge >= 0.3 is 0 Å². The lowest BCUT2D eigenvalue weighted by Crippen LogP contribution is -2.53. The highest BCUT2D eigenvalue weighted by Gasteiger charge is 2.34. The summed E-state index contributed by atoms with van der Waals surface area (Å²) in [6.45, 7) is 9.10. The van der Waals surface area contributed by atoms with Crippen molar-refractivity contribution in [3.63, 3.8) is 0 Å². The second kappa shape index (κ2) is 13.8. The summed E-state index contributed by atoms with van der Waals surface area (Å²) in [5.41, 5.74) is 2.92. The van der Waals surface area contributed by atoms with Crippen LogP contribution < -0.4 is 9.62 Å². The summed E-state index contributed by atoms with van der Waals surface area (Å²) in [5.74, 6) is -0.763. The second-order valence-corrected chi connectivity index (χ2v) is 12.4. The Morgan fingerprint density at radius 1 is 0.900 bits per heavy atom. The number of hydrogen-bond donors (Lipinski definition) is 1. The Morgan fingerprint density at radius 2 is 1.55 bits per heavy atom. The fraction of sp³-hybridized carbons (Fsp3) is 0.355. The highest BCUT2D eigenvalue weighted by molar-refractivity contribution is 7.92. The van der Waals surface area contributed by atoms with E-state index in [0.29, 0.717) is 17.1 Å². The number of amides is 2. The molecular weight excluding hydrogens is 546 g/mol. The first-order valence-electron chi connectivity index (χ1n) is 13.5. The number of carbonyl (C=O) groups is 2. The van der Waals surface area contributed by atoms with E-state index in [4.69, 9.17) is 11.6 Å². The Balaban J connectivity index is 2.05. The van der Waals surface area contributed by atoms with Gasteiger partial charge in [-0.15, -0.1) is 0 Å². The van der Waals surface area contributed by atoms with Crippen molar-refractivity contribution >= 4 is 39.1 Å². The molecule has 3 aromatic carbocycles. The third-order valence-electron chi connectivity index (χ3n) is 6.83. The van der Waals surface area contributed by atoms with Crippen molar-refractivity contribution in [2.24, 2.45) is 0 Å². The SMILES string of the molecule is CC[C@@H](C)NC(=O)[C@@H](CC)N(Cc1ccc(Cl)cc1)C(=O)CN(c1cccc(C)c1)S(=O)(=O)c1ccc(C)cc1. The van der Waals surface area contributed by atoms with Crippen molar-refractivity contribution in [3.05, 3.63) is 94.5 Å². The molecule has 0 aliphatic rings. The van der Waals surface area contributed by atoms with Crippen molar-refractivity contribution < 1.29 is 18.0 Å². The lowest BCUT2D eigenvalue weighted by Gasteiger charge is -2.33. The summed E-state index contributed by atoms with van der Waals surface area (Å²) in [7, 11) is -4.10. The molecule has 0 aliphatic carbocycles. The number of aryl methyl sites for hydroxylation is 2. The molecule has 0 unspecified atom stereocenters. The van der Waals surface area contributed by atoms with Gasteiger partial charge in [0.1, 0.15) is 12.6 Å². The Kier molecular flexibility index (Phi) is 10.8. The fourth-order valence-corrected chi connectivity index (χ4v) is 5.83. The Labute approximate surface area is 243 Å². The topological polar surface area (TPSA) is 86.8 Å². The van der Waals surface area contributed by atoms with Crippen LogP contribution in [-0.2, 0) is 26.2 Å². The number of sulfonamides is 1. The molecule has 3 rings (SSSR count). The first-order chi connectivity index (χ1) is 19.0. The van der Waals surface area contributed by atoms with Crippen molar-refractivity contribution in [1.29, 1.82) is 0 Å². The highest BCUT2D eigenvalue weighted by atomic mass is 35.5. The van der Waals surface area contributed by atoms with Crippen molar-refractivity contribution in [3.8, 4) is 0 Å². The molecule has 2 amide bonds. The van der Waals surface area contributed by atoms with Gasteiger partial charge in [-0.1, -0.05) is 67.4 Å². The zero-order valence-electron chi connectivity index (χ0n) is 23.7. The molecule has 0 bridgehead atoms. The van der Waals surface area contributed by atoms with Gasteiger partial charge in [0.05, 0.1) is 10.6 Å². The number of anilines is 1. The molecule has 40 heavy (non-hydrogen) atoms. The summed E-state index contributed by atoms with van der Waals surface area (Å²) in [4.78, 5) is 29.0. The molecule has 0 radical (unpaired) electrons. The summed E-state index contributed by atoms with van der Waals surface area (Å²) < 4.78 is 29.0. The number of rotatable bonds is 12. The third-order valence-corrected chi connectivity index (χ3v) is 8.87. The first-order valence-corrected chi connectivity index (χ1v) is 15.3. The summed E-state index contributed by atoms with van der Waals surface area (Å²) in [5, 5.41) is 3.53. The number of benzene rings is 3. The monoisotopic (exact) mass is 583 g/mol. The standard InChI is InChI=1S/C31H38ClN3O4S/c1-6-24(5)33-31(37)29(7-2)34(20-25-13-15-26(32)16-14-25)30(36)21-35(27-10-8-9-23(4)19-27)40(38,39)28-17-11-22(3)12-18-28/h8-19,24,29H,6-7,20-21H2,1-5H3,(H,33,37)/t24-,29-/m1/s1. The van der Waals surface area contributed by atoms with E-state index in [1.54, 1.807) is 54.6 Å². The van der Waals surface area contributed by atoms with Crippen molar-refractivity contribution in [1.82, 2.24) is 10.2 Å². The number of nitrogens with one attached hydrogen (secondary N) is 1. The van der Waals surface area contributed by atoms with Gasteiger partial charge in [0.25, 0.3) is 10.0 Å². The molecule has 0 aromatic heterocycles. The van der Waals surface area contributed by atoms with Crippen LogP contribution >= 0.6 is 11.6 Å². The maximum Gasteiger partial charge on any atom is 0.264 e. The minimum absolute atomic E-state index is 0.0697. The minimum Gasteiger partial charge on any atom is -0.352 e. The molecule has 0 fully saturated rings. The molecule has 0 aliphatic heterocycles. The van der Waals surface area contributed by atoms with Gasteiger partial charge in [0, 0.05) is 17.6 Å². The van der Waals surface area contributed by atoms with Crippen LogP contribution in [0.5, 0.6) is 0 Å². The van der Waals surface area contributed by atoms with E-state index in [1.807, 2.05) is 40.7 Å². The smallest absolute Gasteiger partial charge is 0.264 e. The van der Waals surface area contributed by atoms with Crippen molar-refractivity contribution in [2.45, 2.75) is 71.0 Å². The summed E-state index contributed by atoms with van der Waals surface area (Å²) in [6.07, 6.45) is 1.10. The van der Waals surface area contributed by atoms with Crippen LogP contribution in [0.3, 0.4) is 0 Å². The van der Waals surface area contributed by atoms with Crippen LogP contribution in [0.1, 0.15) is 50.3 Å². The largest absolute Gasteiger partial charge is 0.352 e. The molecule has 1 N–H and O–H groups in total. The quantitative estimate of drug-likeness (QED) is 0.289.